The summed E-state index contributed by atoms with van der Waals surface area (Å²) in [4.78, 5) is 36.2. The first-order chi connectivity index (χ1) is 12.7. The van der Waals surface area contributed by atoms with E-state index >= 15 is 0 Å². The lowest BCUT2D eigenvalue weighted by Gasteiger charge is -2.05. The van der Waals surface area contributed by atoms with Crippen LogP contribution >= 0.6 is 34.5 Å². The molecule has 1 aromatic heterocycles. The molecular weight excluding hydrogens is 411 g/mol. The van der Waals surface area contributed by atoms with Crippen LogP contribution in [0.4, 0.5) is 5.00 Å². The third-order valence-electron chi connectivity index (χ3n) is 3.46. The Morgan fingerprint density at radius 3 is 2.59 bits per heavy atom. The van der Waals surface area contributed by atoms with Crippen molar-refractivity contribution in [3.05, 3.63) is 55.9 Å². The van der Waals surface area contributed by atoms with Crippen LogP contribution in [0.5, 0.6) is 0 Å². The van der Waals surface area contributed by atoms with E-state index in [0.29, 0.717) is 21.2 Å². The molecule has 0 unspecified atom stereocenters. The van der Waals surface area contributed by atoms with Crippen LogP contribution in [0.3, 0.4) is 0 Å². The van der Waals surface area contributed by atoms with Gasteiger partial charge in [0, 0.05) is 16.1 Å². The molecule has 0 saturated carbocycles. The van der Waals surface area contributed by atoms with Crippen molar-refractivity contribution in [2.24, 2.45) is 5.73 Å². The van der Waals surface area contributed by atoms with Crippen molar-refractivity contribution in [2.75, 3.05) is 11.9 Å². The number of thiophene rings is 1. The van der Waals surface area contributed by atoms with Crippen LogP contribution < -0.4 is 11.1 Å². The third kappa shape index (κ3) is 5.09. The monoisotopic (exact) mass is 426 g/mol. The molecule has 0 aliphatic rings. The fraction of sp³-hybridized carbons (Fsp3) is 0.167. The molecular formula is C18H16Cl2N2O4S. The van der Waals surface area contributed by atoms with Crippen LogP contribution in [0, 0.1) is 6.92 Å². The largest absolute Gasteiger partial charge is 0.462 e. The number of esters is 1. The molecule has 0 bridgehead atoms. The predicted molar refractivity (Wildman–Crippen MR) is 108 cm³/mol. The van der Waals surface area contributed by atoms with E-state index in [4.69, 9.17) is 33.7 Å². The number of rotatable bonds is 6. The standard InChI is InChI=1S/C18H16Cl2N2O4S/c1-3-26-18(25)14-9(2)15(16(21)24)27-17(14)22-13(23)7-5-10-4-6-11(19)8-12(10)20/h4-8H,3H2,1-2H3,(H2,21,24)(H,22,23). The van der Waals surface area contributed by atoms with Crippen molar-refractivity contribution in [3.63, 3.8) is 0 Å². The van der Waals surface area contributed by atoms with Gasteiger partial charge in [-0.3, -0.25) is 9.59 Å². The van der Waals surface area contributed by atoms with E-state index in [0.717, 1.165) is 11.3 Å². The summed E-state index contributed by atoms with van der Waals surface area (Å²) in [6, 6.07) is 4.87. The Bertz CT molecular complexity index is 938. The summed E-state index contributed by atoms with van der Waals surface area (Å²) in [5, 5.41) is 3.64. The van der Waals surface area contributed by atoms with E-state index in [2.05, 4.69) is 5.32 Å². The topological polar surface area (TPSA) is 98.5 Å². The summed E-state index contributed by atoms with van der Waals surface area (Å²) < 4.78 is 5.00. The van der Waals surface area contributed by atoms with Crippen LogP contribution in [0.15, 0.2) is 24.3 Å². The van der Waals surface area contributed by atoms with Gasteiger partial charge in [0.15, 0.2) is 0 Å². The molecule has 2 rings (SSSR count). The second kappa shape index (κ2) is 9.03. The maximum absolute atomic E-state index is 12.3. The van der Waals surface area contributed by atoms with Gasteiger partial charge in [0.25, 0.3) is 5.91 Å². The summed E-state index contributed by atoms with van der Waals surface area (Å²) >= 11 is 12.8. The minimum Gasteiger partial charge on any atom is -0.462 e. The number of hydrogen-bond acceptors (Lipinski definition) is 5. The Labute approximate surface area is 169 Å². The van der Waals surface area contributed by atoms with Gasteiger partial charge >= 0.3 is 5.97 Å². The predicted octanol–water partition coefficient (Wildman–Crippen LogP) is 4.29. The fourth-order valence-corrected chi connectivity index (χ4v) is 3.76. The zero-order chi connectivity index (χ0) is 20.1. The number of hydrogen-bond donors (Lipinski definition) is 2. The van der Waals surface area contributed by atoms with Gasteiger partial charge in [-0.1, -0.05) is 29.3 Å². The van der Waals surface area contributed by atoms with Gasteiger partial charge in [-0.25, -0.2) is 4.79 Å². The Kier molecular flexibility index (Phi) is 7.01. The van der Waals surface area contributed by atoms with Crippen LogP contribution in [0.1, 0.15) is 38.1 Å². The molecule has 0 spiro atoms. The van der Waals surface area contributed by atoms with E-state index < -0.39 is 17.8 Å². The number of ether oxygens (including phenoxy) is 1. The average Bonchev–Trinajstić information content (AvgIpc) is 2.90. The molecule has 27 heavy (non-hydrogen) atoms. The number of primary amides is 1. The maximum Gasteiger partial charge on any atom is 0.341 e. The zero-order valence-electron chi connectivity index (χ0n) is 14.5. The molecule has 9 heteroatoms. The van der Waals surface area contributed by atoms with Crippen LogP contribution in [0.2, 0.25) is 10.0 Å². The highest BCUT2D eigenvalue weighted by Gasteiger charge is 2.25. The van der Waals surface area contributed by atoms with Gasteiger partial charge in [0.05, 0.1) is 17.0 Å². The molecule has 142 valence electrons. The summed E-state index contributed by atoms with van der Waals surface area (Å²) in [6.07, 6.45) is 2.76. The smallest absolute Gasteiger partial charge is 0.341 e. The molecule has 0 radical (unpaired) electrons. The lowest BCUT2D eigenvalue weighted by molar-refractivity contribution is -0.111. The molecule has 1 aromatic carbocycles. The molecule has 0 aliphatic heterocycles. The van der Waals surface area contributed by atoms with Crippen molar-refractivity contribution >= 4 is 63.4 Å². The Hall–Kier alpha value is -2.35. The van der Waals surface area contributed by atoms with E-state index in [1.807, 2.05) is 0 Å². The zero-order valence-corrected chi connectivity index (χ0v) is 16.8. The van der Waals surface area contributed by atoms with E-state index in [1.54, 1.807) is 32.0 Å². The number of benzene rings is 1. The van der Waals surface area contributed by atoms with Crippen LogP contribution in [0.25, 0.3) is 6.08 Å². The fourth-order valence-electron chi connectivity index (χ4n) is 2.24. The number of halogens is 2. The highest BCUT2D eigenvalue weighted by molar-refractivity contribution is 7.18. The number of amides is 2. The normalized spacial score (nSPS) is 10.8. The van der Waals surface area contributed by atoms with Crippen LogP contribution in [-0.4, -0.2) is 24.4 Å². The molecule has 1 heterocycles. The van der Waals surface area contributed by atoms with Crippen molar-refractivity contribution in [1.29, 1.82) is 0 Å². The van der Waals surface area contributed by atoms with Gasteiger partial charge in [-0.05, 0) is 43.2 Å². The van der Waals surface area contributed by atoms with E-state index in [-0.39, 0.29) is 22.0 Å². The summed E-state index contributed by atoms with van der Waals surface area (Å²) in [5.41, 5.74) is 6.41. The Balaban J connectivity index is 2.28. The van der Waals surface area contributed by atoms with Gasteiger partial charge in [0.2, 0.25) is 5.91 Å². The number of nitrogens with one attached hydrogen (secondary N) is 1. The second-order valence-corrected chi connectivity index (χ2v) is 7.20. The summed E-state index contributed by atoms with van der Waals surface area (Å²) in [6.45, 7) is 3.38. The van der Waals surface area contributed by atoms with E-state index in [1.165, 1.54) is 12.2 Å². The van der Waals surface area contributed by atoms with Gasteiger partial charge in [-0.15, -0.1) is 11.3 Å². The minimum absolute atomic E-state index is 0.113. The number of carbonyl (C=O) groups excluding carboxylic acids is 3. The molecule has 0 aliphatic carbocycles. The summed E-state index contributed by atoms with van der Waals surface area (Å²) in [7, 11) is 0. The molecule has 3 N–H and O–H groups in total. The first-order valence-electron chi connectivity index (χ1n) is 7.79. The highest BCUT2D eigenvalue weighted by atomic mass is 35.5. The lowest BCUT2D eigenvalue weighted by atomic mass is 10.1. The first kappa shape index (κ1) is 21.0. The average molecular weight is 427 g/mol. The van der Waals surface area contributed by atoms with Gasteiger partial charge in [0.1, 0.15) is 5.00 Å². The number of carbonyl (C=O) groups is 3. The molecule has 0 fully saturated rings. The molecule has 2 aromatic rings. The molecule has 0 atom stereocenters. The number of nitrogens with two attached hydrogens (primary N) is 1. The quantitative estimate of drug-likeness (QED) is 0.531. The van der Waals surface area contributed by atoms with Crippen molar-refractivity contribution in [3.8, 4) is 0 Å². The second-order valence-electron chi connectivity index (χ2n) is 5.33. The van der Waals surface area contributed by atoms with Crippen LogP contribution in [-0.2, 0) is 9.53 Å². The molecule has 0 saturated heterocycles. The molecule has 6 nitrogen and oxygen atoms in total. The van der Waals surface area contributed by atoms with Gasteiger partial charge < -0.3 is 15.8 Å². The maximum atomic E-state index is 12.3. The Morgan fingerprint density at radius 1 is 1.30 bits per heavy atom. The first-order valence-corrected chi connectivity index (χ1v) is 9.36. The number of anilines is 1. The highest BCUT2D eigenvalue weighted by Crippen LogP contribution is 2.33. The third-order valence-corrected chi connectivity index (χ3v) is 5.25. The lowest BCUT2D eigenvalue weighted by Crippen LogP contribution is -2.13. The SMILES string of the molecule is CCOC(=O)c1c(NC(=O)C=Cc2ccc(Cl)cc2Cl)sc(C(N)=O)c1C. The van der Waals surface area contributed by atoms with Gasteiger partial charge in [-0.2, -0.15) is 0 Å². The minimum atomic E-state index is -0.688. The van der Waals surface area contributed by atoms with Crippen molar-refractivity contribution in [1.82, 2.24) is 0 Å². The molecule has 2 amide bonds. The van der Waals surface area contributed by atoms with E-state index in [9.17, 15) is 14.4 Å². The Morgan fingerprint density at radius 2 is 2.00 bits per heavy atom. The van der Waals surface area contributed by atoms with Crippen molar-refractivity contribution in [2.45, 2.75) is 13.8 Å². The van der Waals surface area contributed by atoms with Crippen molar-refractivity contribution < 1.29 is 19.1 Å². The summed E-state index contributed by atoms with van der Waals surface area (Å²) in [5.74, 6) is -1.84.